The smallest absolute Gasteiger partial charge is 0.140 e. The van der Waals surface area contributed by atoms with Crippen molar-refractivity contribution in [3.05, 3.63) is 41.0 Å². The highest BCUT2D eigenvalue weighted by atomic mass is 35.5. The SMILES string of the molecule is N#Cc1cc(-c2ncccc2Cl)cc(O)c1N. The number of nitriles is 1. The fourth-order valence-corrected chi connectivity index (χ4v) is 1.70. The molecule has 0 aliphatic heterocycles. The maximum atomic E-state index is 9.62. The first kappa shape index (κ1) is 11.2. The molecular formula is C12H8ClN3O. The second-order valence-corrected chi connectivity index (χ2v) is 3.81. The van der Waals surface area contributed by atoms with E-state index in [4.69, 9.17) is 22.6 Å². The Morgan fingerprint density at radius 1 is 1.41 bits per heavy atom. The van der Waals surface area contributed by atoms with Crippen molar-refractivity contribution in [2.45, 2.75) is 0 Å². The van der Waals surface area contributed by atoms with Crippen LogP contribution in [-0.2, 0) is 0 Å². The molecule has 84 valence electrons. The predicted molar refractivity (Wildman–Crippen MR) is 65.5 cm³/mol. The molecule has 1 aromatic carbocycles. The zero-order chi connectivity index (χ0) is 12.4. The summed E-state index contributed by atoms with van der Waals surface area (Å²) < 4.78 is 0. The Morgan fingerprint density at radius 3 is 2.82 bits per heavy atom. The van der Waals surface area contributed by atoms with Gasteiger partial charge in [0.05, 0.1) is 22.0 Å². The Labute approximate surface area is 103 Å². The summed E-state index contributed by atoms with van der Waals surface area (Å²) in [4.78, 5) is 4.10. The van der Waals surface area contributed by atoms with E-state index in [1.54, 1.807) is 24.4 Å². The average Bonchev–Trinajstić information content (AvgIpc) is 2.33. The molecule has 0 amide bonds. The van der Waals surface area contributed by atoms with Gasteiger partial charge in [0.25, 0.3) is 0 Å². The van der Waals surface area contributed by atoms with Crippen LogP contribution in [0.4, 0.5) is 5.69 Å². The minimum atomic E-state index is -0.152. The van der Waals surface area contributed by atoms with Crippen LogP contribution in [0.15, 0.2) is 30.5 Å². The molecule has 0 saturated heterocycles. The van der Waals surface area contributed by atoms with Gasteiger partial charge in [-0.2, -0.15) is 5.26 Å². The summed E-state index contributed by atoms with van der Waals surface area (Å²) >= 11 is 5.99. The molecule has 0 aliphatic rings. The molecule has 0 spiro atoms. The van der Waals surface area contributed by atoms with E-state index in [2.05, 4.69) is 4.98 Å². The van der Waals surface area contributed by atoms with Crippen molar-refractivity contribution in [2.24, 2.45) is 0 Å². The predicted octanol–water partition coefficient (Wildman–Crippen LogP) is 2.56. The summed E-state index contributed by atoms with van der Waals surface area (Å²) in [5.74, 6) is -0.152. The molecule has 0 bridgehead atoms. The van der Waals surface area contributed by atoms with Gasteiger partial charge in [-0.15, -0.1) is 0 Å². The van der Waals surface area contributed by atoms with Gasteiger partial charge < -0.3 is 10.8 Å². The monoisotopic (exact) mass is 245 g/mol. The van der Waals surface area contributed by atoms with Crippen molar-refractivity contribution >= 4 is 17.3 Å². The Bertz CT molecular complexity index is 620. The lowest BCUT2D eigenvalue weighted by Crippen LogP contribution is -1.93. The normalized spacial score (nSPS) is 9.88. The lowest BCUT2D eigenvalue weighted by molar-refractivity contribution is 0.478. The maximum Gasteiger partial charge on any atom is 0.140 e. The van der Waals surface area contributed by atoms with Gasteiger partial charge in [0.15, 0.2) is 0 Å². The molecular weight excluding hydrogens is 238 g/mol. The number of nitrogen functional groups attached to an aromatic ring is 1. The fraction of sp³-hybridized carbons (Fsp3) is 0. The van der Waals surface area contributed by atoms with E-state index in [1.807, 2.05) is 6.07 Å². The summed E-state index contributed by atoms with van der Waals surface area (Å²) in [7, 11) is 0. The second-order valence-electron chi connectivity index (χ2n) is 3.40. The Balaban J connectivity index is 2.67. The first-order chi connectivity index (χ1) is 8.13. The van der Waals surface area contributed by atoms with Crippen molar-refractivity contribution < 1.29 is 5.11 Å². The molecule has 2 rings (SSSR count). The number of phenols is 1. The number of hydrogen-bond acceptors (Lipinski definition) is 4. The Morgan fingerprint density at radius 2 is 2.18 bits per heavy atom. The van der Waals surface area contributed by atoms with E-state index in [-0.39, 0.29) is 17.0 Å². The van der Waals surface area contributed by atoms with Crippen LogP contribution in [0.25, 0.3) is 11.3 Å². The molecule has 0 unspecified atom stereocenters. The van der Waals surface area contributed by atoms with Crippen molar-refractivity contribution in [3.63, 3.8) is 0 Å². The minimum Gasteiger partial charge on any atom is -0.506 e. The number of aromatic nitrogens is 1. The van der Waals surface area contributed by atoms with Crippen molar-refractivity contribution in [1.29, 1.82) is 5.26 Å². The van der Waals surface area contributed by atoms with Gasteiger partial charge in [-0.05, 0) is 24.3 Å². The van der Waals surface area contributed by atoms with Crippen LogP contribution in [0.1, 0.15) is 5.56 Å². The van der Waals surface area contributed by atoms with Crippen LogP contribution in [0.2, 0.25) is 5.02 Å². The number of rotatable bonds is 1. The van der Waals surface area contributed by atoms with Crippen LogP contribution in [0, 0.1) is 11.3 Å². The molecule has 2 aromatic rings. The number of aromatic hydroxyl groups is 1. The first-order valence-electron chi connectivity index (χ1n) is 4.77. The average molecular weight is 246 g/mol. The van der Waals surface area contributed by atoms with E-state index in [9.17, 15) is 5.11 Å². The van der Waals surface area contributed by atoms with Gasteiger partial charge in [0.1, 0.15) is 11.8 Å². The van der Waals surface area contributed by atoms with E-state index < -0.39 is 0 Å². The molecule has 0 fully saturated rings. The topological polar surface area (TPSA) is 82.9 Å². The molecule has 5 heteroatoms. The molecule has 0 radical (unpaired) electrons. The van der Waals surface area contributed by atoms with Crippen LogP contribution >= 0.6 is 11.6 Å². The third-order valence-electron chi connectivity index (χ3n) is 2.31. The first-order valence-corrected chi connectivity index (χ1v) is 5.14. The zero-order valence-corrected chi connectivity index (χ0v) is 9.44. The number of halogens is 1. The third kappa shape index (κ3) is 2.01. The summed E-state index contributed by atoms with van der Waals surface area (Å²) in [5, 5.41) is 19.0. The van der Waals surface area contributed by atoms with Gasteiger partial charge >= 0.3 is 0 Å². The van der Waals surface area contributed by atoms with Crippen molar-refractivity contribution in [3.8, 4) is 23.1 Å². The van der Waals surface area contributed by atoms with Gasteiger partial charge in [-0.3, -0.25) is 4.98 Å². The Kier molecular flexibility index (Phi) is 2.86. The third-order valence-corrected chi connectivity index (χ3v) is 2.62. The quantitative estimate of drug-likeness (QED) is 0.597. The van der Waals surface area contributed by atoms with Gasteiger partial charge in [0, 0.05) is 11.8 Å². The largest absolute Gasteiger partial charge is 0.506 e. The standard InChI is InChI=1S/C12H8ClN3O/c13-9-2-1-3-16-12(9)7-4-8(6-14)11(15)10(17)5-7/h1-5,17H,15H2. The number of nitrogens with two attached hydrogens (primary N) is 1. The second kappa shape index (κ2) is 4.32. The summed E-state index contributed by atoms with van der Waals surface area (Å²) in [6, 6.07) is 8.28. The van der Waals surface area contributed by atoms with Crippen molar-refractivity contribution in [1.82, 2.24) is 4.98 Å². The van der Waals surface area contributed by atoms with Crippen LogP contribution in [0.3, 0.4) is 0 Å². The maximum absolute atomic E-state index is 9.62. The highest BCUT2D eigenvalue weighted by Gasteiger charge is 2.11. The molecule has 0 saturated carbocycles. The lowest BCUT2D eigenvalue weighted by atomic mass is 10.1. The Hall–Kier alpha value is -2.25. The van der Waals surface area contributed by atoms with E-state index in [1.165, 1.54) is 6.07 Å². The minimum absolute atomic E-state index is 0.0586. The summed E-state index contributed by atoms with van der Waals surface area (Å²) in [6.45, 7) is 0. The van der Waals surface area contributed by atoms with Gasteiger partial charge in [0.2, 0.25) is 0 Å². The zero-order valence-electron chi connectivity index (χ0n) is 8.68. The van der Waals surface area contributed by atoms with Gasteiger partial charge in [-0.25, -0.2) is 0 Å². The number of hydrogen-bond donors (Lipinski definition) is 2. The summed E-state index contributed by atoms with van der Waals surface area (Å²) in [6.07, 6.45) is 1.58. The van der Waals surface area contributed by atoms with E-state index in [0.29, 0.717) is 16.3 Å². The molecule has 4 nitrogen and oxygen atoms in total. The molecule has 0 atom stereocenters. The highest BCUT2D eigenvalue weighted by molar-refractivity contribution is 6.33. The number of pyridine rings is 1. The highest BCUT2D eigenvalue weighted by Crippen LogP contribution is 2.33. The lowest BCUT2D eigenvalue weighted by Gasteiger charge is -2.07. The number of anilines is 1. The number of nitrogens with zero attached hydrogens (tertiary/aromatic N) is 2. The molecule has 17 heavy (non-hydrogen) atoms. The molecule has 3 N–H and O–H groups in total. The number of phenolic OH excluding ortho intramolecular Hbond substituents is 1. The van der Waals surface area contributed by atoms with Crippen LogP contribution in [-0.4, -0.2) is 10.1 Å². The summed E-state index contributed by atoms with van der Waals surface area (Å²) in [5.41, 5.74) is 6.86. The van der Waals surface area contributed by atoms with Gasteiger partial charge in [-0.1, -0.05) is 11.6 Å². The molecule has 1 heterocycles. The van der Waals surface area contributed by atoms with Crippen molar-refractivity contribution in [2.75, 3.05) is 5.73 Å². The van der Waals surface area contributed by atoms with Crippen LogP contribution in [0.5, 0.6) is 5.75 Å². The fourth-order valence-electron chi connectivity index (χ4n) is 1.47. The molecule has 0 aliphatic carbocycles. The van der Waals surface area contributed by atoms with E-state index >= 15 is 0 Å². The van der Waals surface area contributed by atoms with E-state index in [0.717, 1.165) is 0 Å². The van der Waals surface area contributed by atoms with Crippen LogP contribution < -0.4 is 5.73 Å². The molecule has 1 aromatic heterocycles. The number of benzene rings is 1.